The number of aliphatic hydroxyl groups excluding tert-OH is 1. The van der Waals surface area contributed by atoms with E-state index in [1.165, 1.54) is 0 Å². The van der Waals surface area contributed by atoms with Crippen molar-refractivity contribution in [2.75, 3.05) is 59.1 Å². The Balaban J connectivity index is 0.00000364. The molecule has 0 unspecified atom stereocenters. The van der Waals surface area contributed by atoms with Crippen LogP contribution in [0.1, 0.15) is 31.4 Å². The molecule has 8 heteroatoms. The van der Waals surface area contributed by atoms with E-state index < -0.39 is 0 Å². The van der Waals surface area contributed by atoms with E-state index in [1.54, 1.807) is 6.26 Å². The minimum Gasteiger partial charge on any atom is -0.469 e. The number of hydrogen-bond acceptors (Lipinski definition) is 5. The summed E-state index contributed by atoms with van der Waals surface area (Å²) in [4.78, 5) is 7.09. The molecule has 2 rings (SSSR count). The van der Waals surface area contributed by atoms with Gasteiger partial charge in [0, 0.05) is 52.3 Å². The first-order chi connectivity index (χ1) is 12.9. The van der Waals surface area contributed by atoms with Crippen molar-refractivity contribution in [1.82, 2.24) is 15.5 Å². The lowest BCUT2D eigenvalue weighted by molar-refractivity contribution is 0.0389. The minimum absolute atomic E-state index is 0. The van der Waals surface area contributed by atoms with E-state index in [1.807, 2.05) is 12.1 Å². The molecule has 2 heterocycles. The Hall–Kier alpha value is -0.840. The van der Waals surface area contributed by atoms with Crippen molar-refractivity contribution in [3.05, 3.63) is 24.2 Å². The largest absolute Gasteiger partial charge is 0.469 e. The van der Waals surface area contributed by atoms with Gasteiger partial charge in [-0.15, -0.1) is 24.0 Å². The molecule has 1 aromatic rings. The number of hydrogen-bond donors (Lipinski definition) is 3. The summed E-state index contributed by atoms with van der Waals surface area (Å²) < 4.78 is 10.8. The molecule has 0 saturated carbocycles. The maximum Gasteiger partial charge on any atom is 0.191 e. The SMILES string of the molecule is I.OCCCCCCN=C(NCCc1ccco1)NCCN1CCOCC1. The summed E-state index contributed by atoms with van der Waals surface area (Å²) in [5.74, 6) is 1.85. The van der Waals surface area contributed by atoms with Gasteiger partial charge in [0.05, 0.1) is 19.5 Å². The maximum atomic E-state index is 8.82. The second-order valence-electron chi connectivity index (χ2n) is 6.51. The van der Waals surface area contributed by atoms with Crippen molar-refractivity contribution < 1.29 is 14.3 Å². The molecule has 1 aliphatic heterocycles. The molecule has 0 radical (unpaired) electrons. The van der Waals surface area contributed by atoms with E-state index in [-0.39, 0.29) is 30.6 Å². The van der Waals surface area contributed by atoms with Crippen molar-refractivity contribution in [2.45, 2.75) is 32.1 Å². The summed E-state index contributed by atoms with van der Waals surface area (Å²) in [5.41, 5.74) is 0. The predicted octanol–water partition coefficient (Wildman–Crippen LogP) is 1.86. The van der Waals surface area contributed by atoms with Gasteiger partial charge in [0.1, 0.15) is 5.76 Å². The molecule has 0 spiro atoms. The van der Waals surface area contributed by atoms with Crippen LogP contribution in [0.5, 0.6) is 0 Å². The molecule has 1 saturated heterocycles. The number of halogens is 1. The molecule has 0 aliphatic carbocycles. The highest BCUT2D eigenvalue weighted by Crippen LogP contribution is 2.00. The smallest absolute Gasteiger partial charge is 0.191 e. The van der Waals surface area contributed by atoms with Crippen molar-refractivity contribution in [2.24, 2.45) is 4.99 Å². The molecule has 0 aromatic carbocycles. The van der Waals surface area contributed by atoms with E-state index >= 15 is 0 Å². The average Bonchev–Trinajstić information content (AvgIpc) is 3.18. The fraction of sp³-hybridized carbons (Fsp3) is 0.737. The molecule has 0 bridgehead atoms. The molecule has 1 aliphatic rings. The zero-order valence-corrected chi connectivity index (χ0v) is 18.5. The number of ether oxygens (including phenoxy) is 1. The van der Waals surface area contributed by atoms with Gasteiger partial charge in [-0.1, -0.05) is 12.8 Å². The van der Waals surface area contributed by atoms with Crippen LogP contribution in [0.3, 0.4) is 0 Å². The molecule has 27 heavy (non-hydrogen) atoms. The molecule has 0 atom stereocenters. The van der Waals surface area contributed by atoms with E-state index in [4.69, 9.17) is 14.3 Å². The Labute approximate surface area is 180 Å². The highest BCUT2D eigenvalue weighted by molar-refractivity contribution is 14.0. The molecule has 156 valence electrons. The molecular formula is C19H35IN4O3. The van der Waals surface area contributed by atoms with Gasteiger partial charge in [0.15, 0.2) is 5.96 Å². The van der Waals surface area contributed by atoms with E-state index in [2.05, 4.69) is 20.5 Å². The van der Waals surface area contributed by atoms with Gasteiger partial charge in [-0.25, -0.2) is 0 Å². The number of guanidine groups is 1. The fourth-order valence-electron chi connectivity index (χ4n) is 2.86. The lowest BCUT2D eigenvalue weighted by atomic mass is 10.2. The first-order valence-electron chi connectivity index (χ1n) is 9.84. The number of furan rings is 1. The standard InChI is InChI=1S/C19H34N4O3.HI/c24-14-4-2-1-3-8-20-19(21-9-7-18-6-5-15-26-18)22-10-11-23-12-16-25-17-13-23;/h5-6,15,24H,1-4,7-14,16-17H2,(H2,20,21,22);1H. The Kier molecular flexibility index (Phi) is 14.5. The number of nitrogens with zero attached hydrogens (tertiary/aromatic N) is 2. The monoisotopic (exact) mass is 494 g/mol. The topological polar surface area (TPSA) is 82.3 Å². The Morgan fingerprint density at radius 3 is 2.63 bits per heavy atom. The zero-order chi connectivity index (χ0) is 18.3. The number of rotatable bonds is 12. The summed E-state index contributed by atoms with van der Waals surface area (Å²) >= 11 is 0. The number of morpholine rings is 1. The van der Waals surface area contributed by atoms with Gasteiger partial charge in [-0.05, 0) is 25.0 Å². The predicted molar refractivity (Wildman–Crippen MR) is 119 cm³/mol. The summed E-state index contributed by atoms with van der Waals surface area (Å²) in [7, 11) is 0. The van der Waals surface area contributed by atoms with E-state index in [0.717, 1.165) is 96.3 Å². The van der Waals surface area contributed by atoms with E-state index in [0.29, 0.717) is 0 Å². The van der Waals surface area contributed by atoms with Crippen LogP contribution in [0.15, 0.2) is 27.8 Å². The molecule has 7 nitrogen and oxygen atoms in total. The first-order valence-corrected chi connectivity index (χ1v) is 9.84. The Morgan fingerprint density at radius 2 is 1.89 bits per heavy atom. The van der Waals surface area contributed by atoms with Crippen LogP contribution < -0.4 is 10.6 Å². The van der Waals surface area contributed by atoms with Crippen molar-refractivity contribution in [3.63, 3.8) is 0 Å². The second kappa shape index (κ2) is 16.1. The normalized spacial score (nSPS) is 15.4. The molecule has 1 aromatic heterocycles. The Bertz CT molecular complexity index is 479. The highest BCUT2D eigenvalue weighted by atomic mass is 127. The quantitative estimate of drug-likeness (QED) is 0.178. The number of aliphatic imine (C=N–C) groups is 1. The van der Waals surface area contributed by atoms with Gasteiger partial charge in [0.25, 0.3) is 0 Å². The third-order valence-electron chi connectivity index (χ3n) is 4.40. The van der Waals surface area contributed by atoms with Crippen molar-refractivity contribution in [1.29, 1.82) is 0 Å². The third-order valence-corrected chi connectivity index (χ3v) is 4.40. The van der Waals surface area contributed by atoms with Crippen LogP contribution in [-0.2, 0) is 11.2 Å². The molecule has 3 N–H and O–H groups in total. The summed E-state index contributed by atoms with van der Waals surface area (Å²) in [6.07, 6.45) is 6.66. The lowest BCUT2D eigenvalue weighted by Crippen LogP contribution is -2.44. The summed E-state index contributed by atoms with van der Waals surface area (Å²) in [5, 5.41) is 15.7. The average molecular weight is 494 g/mol. The van der Waals surface area contributed by atoms with Crippen molar-refractivity contribution >= 4 is 29.9 Å². The fourth-order valence-corrected chi connectivity index (χ4v) is 2.86. The summed E-state index contributed by atoms with van der Waals surface area (Å²) in [6.45, 7) is 7.42. The highest BCUT2D eigenvalue weighted by Gasteiger charge is 2.09. The van der Waals surface area contributed by atoms with Gasteiger partial charge in [-0.3, -0.25) is 9.89 Å². The van der Waals surface area contributed by atoms with E-state index in [9.17, 15) is 0 Å². The van der Waals surface area contributed by atoms with Crippen molar-refractivity contribution in [3.8, 4) is 0 Å². The van der Waals surface area contributed by atoms with Gasteiger partial charge in [-0.2, -0.15) is 0 Å². The maximum absolute atomic E-state index is 8.82. The second-order valence-corrected chi connectivity index (χ2v) is 6.51. The van der Waals surface area contributed by atoms with Crippen LogP contribution >= 0.6 is 24.0 Å². The minimum atomic E-state index is 0. The van der Waals surface area contributed by atoms with Crippen LogP contribution in [-0.4, -0.2) is 75.1 Å². The van der Waals surface area contributed by atoms with Crippen LogP contribution in [0.4, 0.5) is 0 Å². The number of unbranched alkanes of at least 4 members (excludes halogenated alkanes) is 3. The summed E-state index contributed by atoms with van der Waals surface area (Å²) in [6, 6.07) is 3.91. The first kappa shape index (κ1) is 24.2. The van der Waals surface area contributed by atoms with Crippen LogP contribution in [0, 0.1) is 0 Å². The molecule has 1 fully saturated rings. The Morgan fingerprint density at radius 1 is 1.11 bits per heavy atom. The third kappa shape index (κ3) is 11.6. The zero-order valence-electron chi connectivity index (χ0n) is 16.2. The molecular weight excluding hydrogens is 459 g/mol. The van der Waals surface area contributed by atoms with Crippen LogP contribution in [0.25, 0.3) is 0 Å². The van der Waals surface area contributed by atoms with Gasteiger partial charge >= 0.3 is 0 Å². The number of nitrogens with one attached hydrogen (secondary N) is 2. The number of aliphatic hydroxyl groups is 1. The van der Waals surface area contributed by atoms with Gasteiger partial charge < -0.3 is 24.9 Å². The van der Waals surface area contributed by atoms with Gasteiger partial charge in [0.2, 0.25) is 0 Å². The lowest BCUT2D eigenvalue weighted by Gasteiger charge is -2.26. The van der Waals surface area contributed by atoms with Crippen LogP contribution in [0.2, 0.25) is 0 Å². The molecule has 0 amide bonds.